The highest BCUT2D eigenvalue weighted by Crippen LogP contribution is 2.25. The van der Waals surface area contributed by atoms with Crippen LogP contribution in [0.2, 0.25) is 0 Å². The van der Waals surface area contributed by atoms with E-state index in [4.69, 9.17) is 5.73 Å². The lowest BCUT2D eigenvalue weighted by Gasteiger charge is -2.27. The molecule has 92 valence electrons. The Morgan fingerprint density at radius 1 is 1.44 bits per heavy atom. The second kappa shape index (κ2) is 5.46. The third-order valence-corrected chi connectivity index (χ3v) is 3.35. The van der Waals surface area contributed by atoms with Gasteiger partial charge in [-0.3, -0.25) is 9.58 Å². The van der Waals surface area contributed by atoms with Gasteiger partial charge in [0.1, 0.15) is 0 Å². The molecule has 0 saturated heterocycles. The Bertz CT molecular complexity index is 343. The van der Waals surface area contributed by atoms with Crippen LogP contribution in [0.4, 0.5) is 0 Å². The molecule has 0 aliphatic rings. The van der Waals surface area contributed by atoms with Crippen molar-refractivity contribution in [3.05, 3.63) is 17.0 Å². The van der Waals surface area contributed by atoms with Gasteiger partial charge in [-0.15, -0.1) is 0 Å². The normalized spacial score (nSPS) is 13.4. The lowest BCUT2D eigenvalue weighted by atomic mass is 10.0. The van der Waals surface area contributed by atoms with Crippen molar-refractivity contribution in [1.29, 1.82) is 0 Å². The monoisotopic (exact) mass is 224 g/mol. The minimum atomic E-state index is 0.391. The fourth-order valence-electron chi connectivity index (χ4n) is 2.37. The molecule has 1 unspecified atom stereocenters. The van der Waals surface area contributed by atoms with Crippen molar-refractivity contribution in [2.75, 3.05) is 19.6 Å². The zero-order valence-corrected chi connectivity index (χ0v) is 11.1. The minimum Gasteiger partial charge on any atom is -0.329 e. The molecule has 16 heavy (non-hydrogen) atoms. The van der Waals surface area contributed by atoms with Crippen molar-refractivity contribution in [2.45, 2.75) is 33.7 Å². The number of aryl methyl sites for hydroxylation is 2. The summed E-state index contributed by atoms with van der Waals surface area (Å²) in [6.07, 6.45) is 0. The summed E-state index contributed by atoms with van der Waals surface area (Å²) in [5, 5.41) is 4.47. The van der Waals surface area contributed by atoms with Gasteiger partial charge in [0.25, 0.3) is 0 Å². The molecule has 0 aliphatic carbocycles. The van der Waals surface area contributed by atoms with Crippen LogP contribution in [-0.4, -0.2) is 34.3 Å². The molecule has 4 heteroatoms. The first-order valence-electron chi connectivity index (χ1n) is 5.97. The zero-order chi connectivity index (χ0) is 12.3. The van der Waals surface area contributed by atoms with Gasteiger partial charge in [-0.2, -0.15) is 5.10 Å². The summed E-state index contributed by atoms with van der Waals surface area (Å²) in [7, 11) is 2.00. The number of aromatic nitrogens is 2. The van der Waals surface area contributed by atoms with Gasteiger partial charge in [-0.05, 0) is 27.3 Å². The highest BCUT2D eigenvalue weighted by Gasteiger charge is 2.20. The first kappa shape index (κ1) is 13.2. The first-order chi connectivity index (χ1) is 7.52. The van der Waals surface area contributed by atoms with Crippen molar-refractivity contribution in [1.82, 2.24) is 14.7 Å². The van der Waals surface area contributed by atoms with E-state index >= 15 is 0 Å². The molecule has 1 aromatic rings. The van der Waals surface area contributed by atoms with Crippen molar-refractivity contribution in [2.24, 2.45) is 12.8 Å². The maximum atomic E-state index is 5.64. The fourth-order valence-corrected chi connectivity index (χ4v) is 2.37. The number of rotatable bonds is 5. The third kappa shape index (κ3) is 2.44. The average Bonchev–Trinajstić information content (AvgIpc) is 2.49. The summed E-state index contributed by atoms with van der Waals surface area (Å²) in [6.45, 7) is 11.3. The molecule has 0 radical (unpaired) electrons. The van der Waals surface area contributed by atoms with Crippen LogP contribution in [0.5, 0.6) is 0 Å². The van der Waals surface area contributed by atoms with E-state index < -0.39 is 0 Å². The summed E-state index contributed by atoms with van der Waals surface area (Å²) in [6, 6.07) is 0.391. The molecule has 0 bridgehead atoms. The number of hydrogen-bond acceptors (Lipinski definition) is 3. The minimum absolute atomic E-state index is 0.391. The van der Waals surface area contributed by atoms with Crippen LogP contribution in [0.25, 0.3) is 0 Å². The highest BCUT2D eigenvalue weighted by molar-refractivity contribution is 5.27. The van der Waals surface area contributed by atoms with Crippen LogP contribution in [0, 0.1) is 13.8 Å². The van der Waals surface area contributed by atoms with Gasteiger partial charge in [0.15, 0.2) is 0 Å². The predicted molar refractivity (Wildman–Crippen MR) is 67.4 cm³/mol. The van der Waals surface area contributed by atoms with Crippen LogP contribution in [0.1, 0.15) is 36.8 Å². The molecule has 2 N–H and O–H groups in total. The smallest absolute Gasteiger partial charge is 0.0644 e. The summed E-state index contributed by atoms with van der Waals surface area (Å²) in [5.74, 6) is 0. The summed E-state index contributed by atoms with van der Waals surface area (Å²) in [5.41, 5.74) is 9.36. The van der Waals surface area contributed by atoms with E-state index in [1.54, 1.807) is 0 Å². The standard InChI is InChI=1S/C12H24N4/c1-6-16(8-7-13)11(4)12-9(2)14-15(5)10(12)3/h11H,6-8,13H2,1-5H3. The number of hydrogen-bond donors (Lipinski definition) is 1. The van der Waals surface area contributed by atoms with Crippen molar-refractivity contribution < 1.29 is 0 Å². The molecular formula is C12H24N4. The quantitative estimate of drug-likeness (QED) is 0.822. The van der Waals surface area contributed by atoms with Gasteiger partial charge in [0, 0.05) is 37.4 Å². The predicted octanol–water partition coefficient (Wildman–Crippen LogP) is 1.38. The Hall–Kier alpha value is -0.870. The molecule has 0 saturated carbocycles. The average molecular weight is 224 g/mol. The van der Waals surface area contributed by atoms with Crippen LogP contribution in [-0.2, 0) is 7.05 Å². The van der Waals surface area contributed by atoms with Crippen molar-refractivity contribution in [3.8, 4) is 0 Å². The molecule has 1 heterocycles. The summed E-state index contributed by atoms with van der Waals surface area (Å²) >= 11 is 0. The van der Waals surface area contributed by atoms with Crippen LogP contribution in [0.15, 0.2) is 0 Å². The molecule has 0 fully saturated rings. The van der Waals surface area contributed by atoms with Gasteiger partial charge < -0.3 is 5.73 Å². The molecule has 4 nitrogen and oxygen atoms in total. The van der Waals surface area contributed by atoms with E-state index in [2.05, 4.69) is 37.7 Å². The van der Waals surface area contributed by atoms with E-state index in [0.29, 0.717) is 12.6 Å². The van der Waals surface area contributed by atoms with E-state index in [9.17, 15) is 0 Å². The van der Waals surface area contributed by atoms with Gasteiger partial charge in [-0.25, -0.2) is 0 Å². The molecule has 1 aromatic heterocycles. The van der Waals surface area contributed by atoms with E-state index in [-0.39, 0.29) is 0 Å². The van der Waals surface area contributed by atoms with Crippen LogP contribution < -0.4 is 5.73 Å². The molecule has 0 spiro atoms. The SMILES string of the molecule is CCN(CCN)C(C)c1c(C)nn(C)c1C. The Morgan fingerprint density at radius 2 is 2.06 bits per heavy atom. The lowest BCUT2D eigenvalue weighted by Crippen LogP contribution is -2.32. The fraction of sp³-hybridized carbons (Fsp3) is 0.750. The molecular weight excluding hydrogens is 200 g/mol. The maximum absolute atomic E-state index is 5.64. The van der Waals surface area contributed by atoms with Crippen molar-refractivity contribution in [3.63, 3.8) is 0 Å². The van der Waals surface area contributed by atoms with Gasteiger partial charge in [0.2, 0.25) is 0 Å². The second-order valence-electron chi connectivity index (χ2n) is 4.30. The molecule has 0 amide bonds. The Kier molecular flexibility index (Phi) is 4.50. The highest BCUT2D eigenvalue weighted by atomic mass is 15.3. The maximum Gasteiger partial charge on any atom is 0.0644 e. The molecule has 0 aliphatic heterocycles. The zero-order valence-electron chi connectivity index (χ0n) is 11.1. The summed E-state index contributed by atoms with van der Waals surface area (Å²) in [4.78, 5) is 2.39. The largest absolute Gasteiger partial charge is 0.329 e. The Morgan fingerprint density at radius 3 is 2.44 bits per heavy atom. The van der Waals surface area contributed by atoms with Crippen molar-refractivity contribution >= 4 is 0 Å². The van der Waals surface area contributed by atoms with Crippen LogP contribution >= 0.6 is 0 Å². The number of nitrogens with two attached hydrogens (primary N) is 1. The van der Waals surface area contributed by atoms with Gasteiger partial charge >= 0.3 is 0 Å². The Balaban J connectivity index is 2.98. The first-order valence-corrected chi connectivity index (χ1v) is 5.97. The summed E-state index contributed by atoms with van der Waals surface area (Å²) < 4.78 is 1.96. The number of nitrogens with zero attached hydrogens (tertiary/aromatic N) is 3. The Labute approximate surface area is 98.4 Å². The van der Waals surface area contributed by atoms with E-state index in [0.717, 1.165) is 18.8 Å². The van der Waals surface area contributed by atoms with Gasteiger partial charge in [0.05, 0.1) is 5.69 Å². The molecule has 1 rings (SSSR count). The second-order valence-corrected chi connectivity index (χ2v) is 4.30. The molecule has 0 aromatic carbocycles. The third-order valence-electron chi connectivity index (χ3n) is 3.35. The van der Waals surface area contributed by atoms with E-state index in [1.807, 2.05) is 11.7 Å². The number of likely N-dealkylation sites (N-methyl/N-ethyl adjacent to an activating group) is 1. The topological polar surface area (TPSA) is 47.1 Å². The lowest BCUT2D eigenvalue weighted by molar-refractivity contribution is 0.227. The molecule has 1 atom stereocenters. The van der Waals surface area contributed by atoms with Gasteiger partial charge in [-0.1, -0.05) is 6.92 Å². The van der Waals surface area contributed by atoms with E-state index in [1.165, 1.54) is 11.3 Å². The van der Waals surface area contributed by atoms with Crippen LogP contribution in [0.3, 0.4) is 0 Å².